The van der Waals surface area contributed by atoms with E-state index in [0.29, 0.717) is 10.8 Å². The Morgan fingerprint density at radius 2 is 1.74 bits per heavy atom. The molecule has 0 spiro atoms. The maximum Gasteiger partial charge on any atom is 0.00879 e. The van der Waals surface area contributed by atoms with Crippen LogP contribution in [0.3, 0.4) is 0 Å². The van der Waals surface area contributed by atoms with Gasteiger partial charge in [0.15, 0.2) is 0 Å². The van der Waals surface area contributed by atoms with Crippen molar-refractivity contribution in [1.29, 1.82) is 0 Å². The van der Waals surface area contributed by atoms with Crippen LogP contribution in [0.25, 0.3) is 0 Å². The summed E-state index contributed by atoms with van der Waals surface area (Å²) in [6.45, 7) is 9.43. The first kappa shape index (κ1) is 17.5. The van der Waals surface area contributed by atoms with E-state index in [1.165, 1.54) is 69.5 Å². The monoisotopic (exact) mass is 330 g/mol. The van der Waals surface area contributed by atoms with E-state index in [1.807, 2.05) is 0 Å². The van der Waals surface area contributed by atoms with E-state index in [1.54, 1.807) is 0 Å². The summed E-state index contributed by atoms with van der Waals surface area (Å²) in [5.41, 5.74) is 1.14. The molecule has 0 radical (unpaired) electrons. The van der Waals surface area contributed by atoms with Crippen molar-refractivity contribution in [3.05, 3.63) is 0 Å². The fraction of sp³-hybridized carbons (Fsp3) is 1.00. The summed E-state index contributed by atoms with van der Waals surface area (Å²) in [6.07, 6.45) is 14.4. The zero-order chi connectivity index (χ0) is 14.4. The van der Waals surface area contributed by atoms with Crippen molar-refractivity contribution in [2.75, 3.05) is 5.33 Å². The molecule has 0 atom stereocenters. The molecule has 0 aromatic rings. The number of alkyl halides is 1. The Bertz CT molecular complexity index is 231. The molecule has 114 valence electrons. The second-order valence-corrected chi connectivity index (χ2v) is 8.69. The van der Waals surface area contributed by atoms with Crippen LogP contribution in [-0.2, 0) is 0 Å². The molecule has 1 heteroatoms. The van der Waals surface area contributed by atoms with Crippen LogP contribution in [0.5, 0.6) is 0 Å². The average Bonchev–Trinajstić information content (AvgIpc) is 2.36. The number of hydrogen-bond acceptors (Lipinski definition) is 0. The lowest BCUT2D eigenvalue weighted by atomic mass is 9.68. The first-order chi connectivity index (χ1) is 8.91. The summed E-state index contributed by atoms with van der Waals surface area (Å²) in [6, 6.07) is 0. The fourth-order valence-corrected chi connectivity index (χ4v) is 4.36. The third-order valence-corrected chi connectivity index (χ3v) is 6.24. The zero-order valence-corrected chi connectivity index (χ0v) is 15.3. The summed E-state index contributed by atoms with van der Waals surface area (Å²) in [5, 5.41) is 1.23. The van der Waals surface area contributed by atoms with E-state index >= 15 is 0 Å². The lowest BCUT2D eigenvalue weighted by molar-refractivity contribution is 0.148. The molecule has 0 amide bonds. The number of rotatable bonds is 7. The van der Waals surface area contributed by atoms with Crippen LogP contribution >= 0.6 is 15.9 Å². The van der Waals surface area contributed by atoms with Gasteiger partial charge in [0.1, 0.15) is 0 Å². The van der Waals surface area contributed by atoms with Gasteiger partial charge in [-0.1, -0.05) is 69.3 Å². The molecule has 1 rings (SSSR count). The van der Waals surface area contributed by atoms with Crippen molar-refractivity contribution in [3.8, 4) is 0 Å². The molecule has 0 aliphatic heterocycles. The maximum atomic E-state index is 3.82. The molecule has 1 aliphatic carbocycles. The molecule has 1 aliphatic rings. The van der Waals surface area contributed by atoms with Gasteiger partial charge in [0, 0.05) is 5.33 Å². The van der Waals surface area contributed by atoms with E-state index in [4.69, 9.17) is 0 Å². The largest absolute Gasteiger partial charge is 0.0922 e. The molecule has 0 heterocycles. The van der Waals surface area contributed by atoms with Crippen LogP contribution in [0.15, 0.2) is 0 Å². The second kappa shape index (κ2) is 8.05. The Balaban J connectivity index is 2.33. The molecule has 0 bridgehead atoms. The smallest absolute Gasteiger partial charge is 0.00879 e. The summed E-state index contributed by atoms with van der Waals surface area (Å²) in [4.78, 5) is 0. The first-order valence-corrected chi connectivity index (χ1v) is 9.59. The maximum absolute atomic E-state index is 3.82. The fourth-order valence-electron chi connectivity index (χ4n) is 3.52. The lowest BCUT2D eigenvalue weighted by Crippen LogP contribution is -2.29. The number of unbranched alkanes of at least 4 members (excludes halogenated alkanes) is 1. The SMILES string of the molecule is CCCCC1CCC(CBr)(CCCC(C)(C)C)CC1. The highest BCUT2D eigenvalue weighted by Gasteiger charge is 2.33. The quantitative estimate of drug-likeness (QED) is 0.442. The Kier molecular flexibility index (Phi) is 7.43. The van der Waals surface area contributed by atoms with Crippen LogP contribution in [0.2, 0.25) is 0 Å². The molecule has 19 heavy (non-hydrogen) atoms. The number of hydrogen-bond donors (Lipinski definition) is 0. The number of halogens is 1. The third kappa shape index (κ3) is 6.65. The van der Waals surface area contributed by atoms with E-state index in [9.17, 15) is 0 Å². The van der Waals surface area contributed by atoms with Crippen molar-refractivity contribution in [3.63, 3.8) is 0 Å². The second-order valence-electron chi connectivity index (χ2n) is 8.13. The highest BCUT2D eigenvalue weighted by atomic mass is 79.9. The van der Waals surface area contributed by atoms with Gasteiger partial charge in [0.05, 0.1) is 0 Å². The topological polar surface area (TPSA) is 0 Å². The minimum atomic E-state index is 0.506. The van der Waals surface area contributed by atoms with Crippen LogP contribution < -0.4 is 0 Å². The Hall–Kier alpha value is 0.480. The highest BCUT2D eigenvalue weighted by molar-refractivity contribution is 9.09. The van der Waals surface area contributed by atoms with E-state index in [2.05, 4.69) is 43.6 Å². The molecule has 1 fully saturated rings. The summed E-state index contributed by atoms with van der Waals surface area (Å²) >= 11 is 3.82. The van der Waals surface area contributed by atoms with Crippen LogP contribution in [-0.4, -0.2) is 5.33 Å². The van der Waals surface area contributed by atoms with Gasteiger partial charge in [0.2, 0.25) is 0 Å². The molecular formula is C18H35Br. The van der Waals surface area contributed by atoms with Gasteiger partial charge in [-0.2, -0.15) is 0 Å². The molecule has 1 saturated carbocycles. The van der Waals surface area contributed by atoms with Gasteiger partial charge >= 0.3 is 0 Å². The van der Waals surface area contributed by atoms with Gasteiger partial charge in [0.25, 0.3) is 0 Å². The zero-order valence-electron chi connectivity index (χ0n) is 13.7. The van der Waals surface area contributed by atoms with Gasteiger partial charge in [-0.15, -0.1) is 0 Å². The van der Waals surface area contributed by atoms with E-state index in [-0.39, 0.29) is 0 Å². The minimum Gasteiger partial charge on any atom is -0.0922 e. The van der Waals surface area contributed by atoms with E-state index in [0.717, 1.165) is 5.92 Å². The molecule has 0 aromatic heterocycles. The van der Waals surface area contributed by atoms with Crippen molar-refractivity contribution >= 4 is 15.9 Å². The van der Waals surface area contributed by atoms with Gasteiger partial charge < -0.3 is 0 Å². The van der Waals surface area contributed by atoms with Gasteiger partial charge in [-0.25, -0.2) is 0 Å². The van der Waals surface area contributed by atoms with Gasteiger partial charge in [-0.05, 0) is 55.3 Å². The molecule has 0 aromatic carbocycles. The van der Waals surface area contributed by atoms with Crippen molar-refractivity contribution < 1.29 is 0 Å². The minimum absolute atomic E-state index is 0.506. The van der Waals surface area contributed by atoms with Crippen LogP contribution in [0, 0.1) is 16.7 Å². The highest BCUT2D eigenvalue weighted by Crippen LogP contribution is 2.45. The first-order valence-electron chi connectivity index (χ1n) is 8.47. The van der Waals surface area contributed by atoms with E-state index < -0.39 is 0 Å². The summed E-state index contributed by atoms with van der Waals surface area (Å²) in [7, 11) is 0. The van der Waals surface area contributed by atoms with Crippen LogP contribution in [0.4, 0.5) is 0 Å². The Labute approximate surface area is 130 Å². The predicted molar refractivity (Wildman–Crippen MR) is 91.0 cm³/mol. The Morgan fingerprint density at radius 3 is 2.21 bits per heavy atom. The molecule has 0 N–H and O–H groups in total. The normalized spacial score (nSPS) is 28.6. The molecule has 0 nitrogen and oxygen atoms in total. The predicted octanol–water partition coefficient (Wildman–Crippen LogP) is 6.96. The third-order valence-electron chi connectivity index (χ3n) is 5.05. The van der Waals surface area contributed by atoms with Gasteiger partial charge in [-0.3, -0.25) is 0 Å². The summed E-state index contributed by atoms with van der Waals surface area (Å²) < 4.78 is 0. The Morgan fingerprint density at radius 1 is 1.11 bits per heavy atom. The molecular weight excluding hydrogens is 296 g/mol. The summed E-state index contributed by atoms with van der Waals surface area (Å²) in [5.74, 6) is 1.04. The van der Waals surface area contributed by atoms with Crippen molar-refractivity contribution in [1.82, 2.24) is 0 Å². The van der Waals surface area contributed by atoms with Crippen LogP contribution in [0.1, 0.15) is 91.9 Å². The van der Waals surface area contributed by atoms with Crippen molar-refractivity contribution in [2.24, 2.45) is 16.7 Å². The average molecular weight is 331 g/mol. The molecule has 0 unspecified atom stereocenters. The van der Waals surface area contributed by atoms with Crippen molar-refractivity contribution in [2.45, 2.75) is 91.9 Å². The lowest BCUT2D eigenvalue weighted by Gasteiger charge is -2.40. The standard InChI is InChI=1S/C18H35Br/c1-5-6-8-16-9-13-18(15-19,14-10-16)12-7-11-17(2,3)4/h16H,5-15H2,1-4H3. The molecule has 0 saturated heterocycles.